The van der Waals surface area contributed by atoms with Gasteiger partial charge in [0, 0.05) is 6.04 Å². The minimum absolute atomic E-state index is 0.799. The smallest absolute Gasteiger partial charge is 0.0198 e. The first-order valence-electron chi connectivity index (χ1n) is 2.22. The Morgan fingerprint density at radius 3 is 2.17 bits per heavy atom. The first-order valence-corrected chi connectivity index (χ1v) is 2.62. The number of rotatable bonds is 1. The lowest BCUT2D eigenvalue weighted by molar-refractivity contribution is 0.566. The number of thiol groups is 1. The Labute approximate surface area is 43.9 Å². The van der Waals surface area contributed by atoms with Crippen LogP contribution in [0.4, 0.5) is 0 Å². The van der Waals surface area contributed by atoms with Gasteiger partial charge in [0.15, 0.2) is 0 Å². The van der Waals surface area contributed by atoms with Crippen molar-refractivity contribution < 1.29 is 0 Å². The molecule has 0 amide bonds. The van der Waals surface area contributed by atoms with E-state index in [-0.39, 0.29) is 0 Å². The molecule has 0 spiro atoms. The molecule has 0 N–H and O–H groups in total. The van der Waals surface area contributed by atoms with Gasteiger partial charge in [-0.05, 0) is 19.9 Å². The molecule has 1 saturated carbocycles. The largest absolute Gasteiger partial charge is 0.253 e. The number of hydrogen-bond acceptors (Lipinski definition) is 2. The Kier molecular flexibility index (Phi) is 1.06. The van der Waals surface area contributed by atoms with Crippen LogP contribution in [0, 0.1) is 0 Å². The van der Waals surface area contributed by atoms with Gasteiger partial charge < -0.3 is 0 Å². The van der Waals surface area contributed by atoms with Gasteiger partial charge in [0.2, 0.25) is 0 Å². The summed E-state index contributed by atoms with van der Waals surface area (Å²) in [6, 6.07) is 0.799. The highest BCUT2D eigenvalue weighted by atomic mass is 32.1. The maximum absolute atomic E-state index is 4.09. The second-order valence-corrected chi connectivity index (χ2v) is 2.44. The van der Waals surface area contributed by atoms with Crippen LogP contribution in [0.3, 0.4) is 0 Å². The Morgan fingerprint density at radius 1 is 1.67 bits per heavy atom. The first-order chi connectivity index (χ1) is 2.80. The molecule has 0 atom stereocenters. The van der Waals surface area contributed by atoms with Crippen molar-refractivity contribution in [3.05, 3.63) is 0 Å². The molecule has 1 nitrogen and oxygen atoms in total. The van der Waals surface area contributed by atoms with E-state index in [0.29, 0.717) is 0 Å². The van der Waals surface area contributed by atoms with Gasteiger partial charge in [-0.2, -0.15) is 0 Å². The molecule has 1 rings (SSSR count). The van der Waals surface area contributed by atoms with Crippen molar-refractivity contribution in [2.24, 2.45) is 0 Å². The fraction of sp³-hybridized carbons (Fsp3) is 1.00. The molecule has 1 fully saturated rings. The molecule has 0 heterocycles. The first kappa shape index (κ1) is 4.47. The maximum atomic E-state index is 4.09. The van der Waals surface area contributed by atoms with E-state index in [9.17, 15) is 0 Å². The topological polar surface area (TPSA) is 3.24 Å². The molecule has 0 unspecified atom stereocenters. The van der Waals surface area contributed by atoms with Crippen molar-refractivity contribution >= 4 is 12.8 Å². The standard InChI is InChI=1S/C4H9NS/c1-5(6)4-2-3-4/h4,6H,2-3H2,1H3. The van der Waals surface area contributed by atoms with Gasteiger partial charge in [-0.15, -0.1) is 0 Å². The average molecular weight is 103 g/mol. The van der Waals surface area contributed by atoms with Crippen molar-refractivity contribution in [3.63, 3.8) is 0 Å². The summed E-state index contributed by atoms with van der Waals surface area (Å²) in [5.41, 5.74) is 0. The Hall–Kier alpha value is 0.310. The van der Waals surface area contributed by atoms with E-state index in [4.69, 9.17) is 0 Å². The third-order valence-corrected chi connectivity index (χ3v) is 1.40. The van der Waals surface area contributed by atoms with Crippen LogP contribution in [-0.4, -0.2) is 17.4 Å². The summed E-state index contributed by atoms with van der Waals surface area (Å²) >= 11 is 4.09. The van der Waals surface area contributed by atoms with E-state index in [1.807, 2.05) is 11.4 Å². The highest BCUT2D eigenvalue weighted by Crippen LogP contribution is 2.25. The van der Waals surface area contributed by atoms with Gasteiger partial charge in [0.05, 0.1) is 0 Å². The highest BCUT2D eigenvalue weighted by Gasteiger charge is 2.23. The molecular formula is C4H9NS. The summed E-state index contributed by atoms with van der Waals surface area (Å²) < 4.78 is 1.97. The lowest BCUT2D eigenvalue weighted by Gasteiger charge is -2.01. The third-order valence-electron chi connectivity index (χ3n) is 1.08. The molecule has 1 aliphatic carbocycles. The summed E-state index contributed by atoms with van der Waals surface area (Å²) in [5.74, 6) is 0. The second kappa shape index (κ2) is 1.43. The lowest BCUT2D eigenvalue weighted by atomic mass is 10.7. The SMILES string of the molecule is CN(S)C1CC1. The van der Waals surface area contributed by atoms with Gasteiger partial charge in [-0.1, -0.05) is 12.8 Å². The van der Waals surface area contributed by atoms with E-state index in [0.717, 1.165) is 6.04 Å². The minimum atomic E-state index is 0.799. The summed E-state index contributed by atoms with van der Waals surface area (Å²) in [5, 5.41) is 0. The van der Waals surface area contributed by atoms with Crippen molar-refractivity contribution in [2.45, 2.75) is 18.9 Å². The van der Waals surface area contributed by atoms with Crippen molar-refractivity contribution in [3.8, 4) is 0 Å². The predicted molar refractivity (Wildman–Crippen MR) is 29.8 cm³/mol. The molecule has 1 aliphatic rings. The fourth-order valence-electron chi connectivity index (χ4n) is 0.448. The zero-order valence-electron chi connectivity index (χ0n) is 3.89. The normalized spacial score (nSPS) is 22.5. The van der Waals surface area contributed by atoms with Crippen LogP contribution in [0.1, 0.15) is 12.8 Å². The zero-order chi connectivity index (χ0) is 4.57. The predicted octanol–water partition coefficient (Wildman–Crippen LogP) is 0.925. The molecule has 0 radical (unpaired) electrons. The average Bonchev–Trinajstić information content (AvgIpc) is 2.06. The van der Waals surface area contributed by atoms with E-state index < -0.39 is 0 Å². The Bertz CT molecular complexity index is 49.5. The van der Waals surface area contributed by atoms with Crippen LogP contribution in [0.15, 0.2) is 0 Å². The quantitative estimate of drug-likeness (QED) is 0.483. The molecule has 0 aromatic carbocycles. The summed E-state index contributed by atoms with van der Waals surface area (Å²) in [7, 11) is 2.00. The van der Waals surface area contributed by atoms with Crippen LogP contribution >= 0.6 is 12.8 Å². The summed E-state index contributed by atoms with van der Waals surface area (Å²) in [4.78, 5) is 0. The lowest BCUT2D eigenvalue weighted by Crippen LogP contribution is -2.05. The molecule has 36 valence electrons. The fourth-order valence-corrected chi connectivity index (χ4v) is 0.679. The third kappa shape index (κ3) is 0.884. The highest BCUT2D eigenvalue weighted by molar-refractivity contribution is 7.77. The zero-order valence-corrected chi connectivity index (χ0v) is 4.78. The van der Waals surface area contributed by atoms with E-state index >= 15 is 0 Å². The molecule has 0 aromatic rings. The van der Waals surface area contributed by atoms with E-state index in [1.54, 1.807) is 0 Å². The molecule has 0 aromatic heterocycles. The molecule has 2 heteroatoms. The molecular weight excluding hydrogens is 94.1 g/mol. The number of nitrogens with zero attached hydrogens (tertiary/aromatic N) is 1. The van der Waals surface area contributed by atoms with Crippen LogP contribution in [0.5, 0.6) is 0 Å². The molecule has 0 aliphatic heterocycles. The van der Waals surface area contributed by atoms with Gasteiger partial charge in [0.1, 0.15) is 0 Å². The molecule has 6 heavy (non-hydrogen) atoms. The van der Waals surface area contributed by atoms with E-state index in [2.05, 4.69) is 12.8 Å². The monoisotopic (exact) mass is 103 g/mol. The van der Waals surface area contributed by atoms with Crippen molar-refractivity contribution in [1.82, 2.24) is 4.31 Å². The summed E-state index contributed by atoms with van der Waals surface area (Å²) in [6.07, 6.45) is 2.69. The molecule has 0 saturated heterocycles. The number of hydrogen-bond donors (Lipinski definition) is 1. The van der Waals surface area contributed by atoms with Gasteiger partial charge in [0.25, 0.3) is 0 Å². The van der Waals surface area contributed by atoms with Crippen LogP contribution in [0.2, 0.25) is 0 Å². The Morgan fingerprint density at radius 2 is 2.17 bits per heavy atom. The van der Waals surface area contributed by atoms with Crippen molar-refractivity contribution in [2.75, 3.05) is 7.05 Å². The summed E-state index contributed by atoms with van der Waals surface area (Å²) in [6.45, 7) is 0. The maximum Gasteiger partial charge on any atom is 0.0198 e. The Balaban J connectivity index is 2.13. The second-order valence-electron chi connectivity index (χ2n) is 1.80. The van der Waals surface area contributed by atoms with Gasteiger partial charge in [-0.3, -0.25) is 4.31 Å². The van der Waals surface area contributed by atoms with E-state index in [1.165, 1.54) is 12.8 Å². The van der Waals surface area contributed by atoms with Gasteiger partial charge >= 0.3 is 0 Å². The van der Waals surface area contributed by atoms with Crippen LogP contribution in [-0.2, 0) is 0 Å². The minimum Gasteiger partial charge on any atom is -0.253 e. The van der Waals surface area contributed by atoms with Crippen LogP contribution in [0.25, 0.3) is 0 Å². The van der Waals surface area contributed by atoms with Gasteiger partial charge in [-0.25, -0.2) is 0 Å². The van der Waals surface area contributed by atoms with Crippen LogP contribution < -0.4 is 0 Å². The molecule has 0 bridgehead atoms. The van der Waals surface area contributed by atoms with Crippen molar-refractivity contribution in [1.29, 1.82) is 0 Å².